The van der Waals surface area contributed by atoms with Crippen molar-refractivity contribution in [1.29, 1.82) is 0 Å². The summed E-state index contributed by atoms with van der Waals surface area (Å²) >= 11 is 0. The van der Waals surface area contributed by atoms with E-state index in [0.29, 0.717) is 28.3 Å². The van der Waals surface area contributed by atoms with Crippen LogP contribution in [0.4, 0.5) is 4.39 Å². The highest BCUT2D eigenvalue weighted by atomic mass is 19.1. The van der Waals surface area contributed by atoms with Crippen molar-refractivity contribution in [3.8, 4) is 17.1 Å². The third-order valence-electron chi connectivity index (χ3n) is 4.21. The number of rotatable bonds is 7. The number of ether oxygens (including phenoxy) is 1. The minimum absolute atomic E-state index is 0.118. The topological polar surface area (TPSA) is 102 Å². The van der Waals surface area contributed by atoms with Gasteiger partial charge < -0.3 is 19.7 Å². The maximum Gasteiger partial charge on any atom is 0.269 e. The summed E-state index contributed by atoms with van der Waals surface area (Å²) in [7, 11) is 1.62. The molecular weight excluding hydrogens is 367 g/mol. The molecule has 1 atom stereocenters. The van der Waals surface area contributed by atoms with Gasteiger partial charge in [-0.15, -0.1) is 5.10 Å². The van der Waals surface area contributed by atoms with Crippen molar-refractivity contribution in [3.05, 3.63) is 53.2 Å². The third-order valence-corrected chi connectivity index (χ3v) is 4.21. The Kier molecular flexibility index (Phi) is 5.74. The SMILES string of the molecule is Cc1onc(-c2ccc(F)cc2)c1COc1cc(C(=O)NC(C)CO)n(C)n1. The van der Waals surface area contributed by atoms with Gasteiger partial charge in [-0.25, -0.2) is 4.39 Å². The molecule has 0 saturated carbocycles. The molecule has 0 aliphatic carbocycles. The van der Waals surface area contributed by atoms with Gasteiger partial charge in [0.1, 0.15) is 29.6 Å². The predicted molar refractivity (Wildman–Crippen MR) is 98.2 cm³/mol. The average Bonchev–Trinajstić information content (AvgIpc) is 3.23. The summed E-state index contributed by atoms with van der Waals surface area (Å²) in [5.74, 6) is 0.135. The molecule has 2 aromatic heterocycles. The molecule has 1 amide bonds. The second-order valence-corrected chi connectivity index (χ2v) is 6.41. The molecule has 28 heavy (non-hydrogen) atoms. The molecule has 2 heterocycles. The van der Waals surface area contributed by atoms with Crippen molar-refractivity contribution in [2.75, 3.05) is 6.61 Å². The first kappa shape index (κ1) is 19.6. The van der Waals surface area contributed by atoms with Gasteiger partial charge in [0.25, 0.3) is 5.91 Å². The Balaban J connectivity index is 1.75. The molecule has 8 nitrogen and oxygen atoms in total. The van der Waals surface area contributed by atoms with Crippen molar-refractivity contribution >= 4 is 5.91 Å². The highest BCUT2D eigenvalue weighted by molar-refractivity contribution is 5.93. The number of halogens is 1. The average molecular weight is 388 g/mol. The van der Waals surface area contributed by atoms with Crippen LogP contribution in [-0.4, -0.2) is 38.6 Å². The van der Waals surface area contributed by atoms with Crippen molar-refractivity contribution in [2.45, 2.75) is 26.5 Å². The molecular formula is C19H21FN4O4. The number of benzene rings is 1. The van der Waals surface area contributed by atoms with Crippen LogP contribution in [0, 0.1) is 12.7 Å². The zero-order valence-corrected chi connectivity index (χ0v) is 15.8. The summed E-state index contributed by atoms with van der Waals surface area (Å²) in [6, 6.07) is 7.07. The van der Waals surface area contributed by atoms with Crippen molar-refractivity contribution in [3.63, 3.8) is 0 Å². The fourth-order valence-corrected chi connectivity index (χ4v) is 2.61. The second-order valence-electron chi connectivity index (χ2n) is 6.41. The molecule has 0 spiro atoms. The quantitative estimate of drug-likeness (QED) is 0.643. The number of aliphatic hydroxyl groups excluding tert-OH is 1. The maximum absolute atomic E-state index is 13.2. The molecule has 3 rings (SSSR count). The summed E-state index contributed by atoms with van der Waals surface area (Å²) in [4.78, 5) is 12.2. The van der Waals surface area contributed by atoms with Crippen LogP contribution in [0.5, 0.6) is 5.88 Å². The smallest absolute Gasteiger partial charge is 0.269 e. The molecule has 3 aromatic rings. The number of hydrogen-bond acceptors (Lipinski definition) is 6. The fraction of sp³-hybridized carbons (Fsp3) is 0.316. The number of carbonyl (C=O) groups excluding carboxylic acids is 1. The monoisotopic (exact) mass is 388 g/mol. The van der Waals surface area contributed by atoms with Crippen LogP contribution < -0.4 is 10.1 Å². The number of nitrogens with zero attached hydrogens (tertiary/aromatic N) is 3. The summed E-state index contributed by atoms with van der Waals surface area (Å²) < 4.78 is 25.5. The Labute approximate surface area is 160 Å². The van der Waals surface area contributed by atoms with E-state index in [1.165, 1.54) is 22.9 Å². The summed E-state index contributed by atoms with van der Waals surface area (Å²) in [6.07, 6.45) is 0. The lowest BCUT2D eigenvalue weighted by Crippen LogP contribution is -2.36. The van der Waals surface area contributed by atoms with Crippen molar-refractivity contribution in [1.82, 2.24) is 20.3 Å². The van der Waals surface area contributed by atoms with Crippen molar-refractivity contribution < 1.29 is 23.6 Å². The normalized spacial score (nSPS) is 12.0. The van der Waals surface area contributed by atoms with Gasteiger partial charge in [-0.3, -0.25) is 9.48 Å². The van der Waals surface area contributed by atoms with Gasteiger partial charge in [-0.05, 0) is 38.1 Å². The van der Waals surface area contributed by atoms with Crippen LogP contribution in [0.3, 0.4) is 0 Å². The van der Waals surface area contributed by atoms with Crippen LogP contribution in [0.1, 0.15) is 28.7 Å². The fourth-order valence-electron chi connectivity index (χ4n) is 2.61. The summed E-state index contributed by atoms with van der Waals surface area (Å²) in [6.45, 7) is 3.41. The molecule has 0 bridgehead atoms. The van der Waals surface area contributed by atoms with E-state index in [1.54, 1.807) is 33.0 Å². The molecule has 0 saturated heterocycles. The van der Waals surface area contributed by atoms with E-state index < -0.39 is 0 Å². The molecule has 148 valence electrons. The molecule has 9 heteroatoms. The van der Waals surface area contributed by atoms with Gasteiger partial charge in [0, 0.05) is 24.7 Å². The zero-order chi connectivity index (χ0) is 20.3. The summed E-state index contributed by atoms with van der Waals surface area (Å²) in [5, 5.41) is 19.9. The van der Waals surface area contributed by atoms with Crippen LogP contribution in [0.15, 0.2) is 34.9 Å². The van der Waals surface area contributed by atoms with Gasteiger partial charge in [0.15, 0.2) is 0 Å². The van der Waals surface area contributed by atoms with Crippen molar-refractivity contribution in [2.24, 2.45) is 7.05 Å². The van der Waals surface area contributed by atoms with E-state index in [1.807, 2.05) is 0 Å². The van der Waals surface area contributed by atoms with E-state index in [4.69, 9.17) is 14.4 Å². The molecule has 0 fully saturated rings. The van der Waals surface area contributed by atoms with Crippen LogP contribution >= 0.6 is 0 Å². The second kappa shape index (κ2) is 8.22. The largest absolute Gasteiger partial charge is 0.471 e. The van der Waals surface area contributed by atoms with Gasteiger partial charge in [-0.1, -0.05) is 5.16 Å². The standard InChI is InChI=1S/C19H21FN4O4/c1-11(9-25)21-19(26)16-8-17(22-24(16)3)27-10-15-12(2)28-23-18(15)13-4-6-14(20)7-5-13/h4-8,11,25H,9-10H2,1-3H3,(H,21,26). The molecule has 0 radical (unpaired) electrons. The Bertz CT molecular complexity index is 965. The van der Waals surface area contributed by atoms with Gasteiger partial charge in [0.2, 0.25) is 5.88 Å². The number of hydrogen-bond donors (Lipinski definition) is 2. The minimum Gasteiger partial charge on any atom is -0.471 e. The zero-order valence-electron chi connectivity index (χ0n) is 15.8. The number of aromatic nitrogens is 3. The molecule has 1 aromatic carbocycles. The van der Waals surface area contributed by atoms with Crippen LogP contribution in [0.2, 0.25) is 0 Å². The first-order valence-electron chi connectivity index (χ1n) is 8.68. The Hall–Kier alpha value is -3.20. The third kappa shape index (κ3) is 4.20. The number of amides is 1. The first-order chi connectivity index (χ1) is 13.4. The number of aliphatic hydroxyl groups is 1. The number of aryl methyl sites for hydroxylation is 2. The molecule has 0 aliphatic rings. The summed E-state index contributed by atoms with van der Waals surface area (Å²) in [5.41, 5.74) is 2.27. The first-order valence-corrected chi connectivity index (χ1v) is 8.68. The van der Waals surface area contributed by atoms with E-state index in [9.17, 15) is 9.18 Å². The molecule has 0 aliphatic heterocycles. The Morgan fingerprint density at radius 2 is 2.11 bits per heavy atom. The molecule has 2 N–H and O–H groups in total. The highest BCUT2D eigenvalue weighted by Crippen LogP contribution is 2.26. The predicted octanol–water partition coefficient (Wildman–Crippen LogP) is 2.21. The number of carbonyl (C=O) groups is 1. The number of nitrogens with one attached hydrogen (secondary N) is 1. The van der Waals surface area contributed by atoms with E-state index in [-0.39, 0.29) is 36.9 Å². The minimum atomic E-state index is -0.371. The van der Waals surface area contributed by atoms with Gasteiger partial charge in [0.05, 0.1) is 12.2 Å². The molecule has 1 unspecified atom stereocenters. The Morgan fingerprint density at radius 3 is 2.79 bits per heavy atom. The van der Waals surface area contributed by atoms with Crippen LogP contribution in [0.25, 0.3) is 11.3 Å². The lowest BCUT2D eigenvalue weighted by Gasteiger charge is -2.09. The van der Waals surface area contributed by atoms with E-state index in [2.05, 4.69) is 15.6 Å². The van der Waals surface area contributed by atoms with Crippen LogP contribution in [-0.2, 0) is 13.7 Å². The Morgan fingerprint density at radius 1 is 1.39 bits per heavy atom. The highest BCUT2D eigenvalue weighted by Gasteiger charge is 2.19. The van der Waals surface area contributed by atoms with E-state index in [0.717, 1.165) is 0 Å². The lowest BCUT2D eigenvalue weighted by molar-refractivity contribution is 0.0912. The van der Waals surface area contributed by atoms with E-state index >= 15 is 0 Å². The van der Waals surface area contributed by atoms with Gasteiger partial charge in [-0.2, -0.15) is 0 Å². The maximum atomic E-state index is 13.2. The lowest BCUT2D eigenvalue weighted by atomic mass is 10.1. The van der Waals surface area contributed by atoms with Gasteiger partial charge >= 0.3 is 0 Å².